The Morgan fingerprint density at radius 3 is 2.95 bits per heavy atom. The van der Waals surface area contributed by atoms with Crippen molar-refractivity contribution < 1.29 is 18.7 Å². The molecule has 2 heterocycles. The molecule has 2 N–H and O–H groups in total. The third-order valence-electron chi connectivity index (χ3n) is 3.22. The predicted molar refractivity (Wildman–Crippen MR) is 80.5 cm³/mol. The highest BCUT2D eigenvalue weighted by atomic mass is 32.2. The first-order valence-electron chi connectivity index (χ1n) is 6.53. The Bertz CT molecular complexity index is 739. The summed E-state index contributed by atoms with van der Waals surface area (Å²) in [7, 11) is 1.35. The predicted octanol–water partition coefficient (Wildman–Crippen LogP) is 2.79. The molecule has 7 heteroatoms. The maximum absolute atomic E-state index is 13.8. The Morgan fingerprint density at radius 1 is 1.41 bits per heavy atom. The molecule has 2 aromatic rings. The molecule has 0 amide bonds. The minimum absolute atomic E-state index is 0.0738. The second-order valence-corrected chi connectivity index (χ2v) is 5.92. The van der Waals surface area contributed by atoms with Crippen LogP contribution >= 0.6 is 11.8 Å². The minimum Gasteiger partial charge on any atom is -0.468 e. The molecule has 0 fully saturated rings. The number of esters is 1. The Morgan fingerprint density at radius 2 is 2.23 bits per heavy atom. The van der Waals surface area contributed by atoms with Crippen molar-refractivity contribution in [3.63, 3.8) is 0 Å². The van der Waals surface area contributed by atoms with E-state index in [0.717, 1.165) is 10.6 Å². The van der Waals surface area contributed by atoms with E-state index in [1.807, 2.05) is 0 Å². The van der Waals surface area contributed by atoms with Crippen LogP contribution in [0.1, 0.15) is 5.69 Å². The Kier molecular flexibility index (Phi) is 3.89. The number of hydrogen-bond acceptors (Lipinski definition) is 6. The lowest BCUT2D eigenvalue weighted by Crippen LogP contribution is -2.17. The summed E-state index contributed by atoms with van der Waals surface area (Å²) in [6, 6.07) is 5.86. The van der Waals surface area contributed by atoms with Gasteiger partial charge in [-0.1, -0.05) is 0 Å². The fourth-order valence-corrected chi connectivity index (χ4v) is 3.38. The number of nitrogen functional groups attached to an aromatic ring is 1. The van der Waals surface area contributed by atoms with Crippen molar-refractivity contribution in [2.75, 3.05) is 12.8 Å². The van der Waals surface area contributed by atoms with E-state index in [0.29, 0.717) is 17.9 Å². The van der Waals surface area contributed by atoms with Gasteiger partial charge in [0.05, 0.1) is 17.7 Å². The summed E-state index contributed by atoms with van der Waals surface area (Å²) in [6.45, 7) is 0. The van der Waals surface area contributed by atoms with Crippen LogP contribution in [0.15, 0.2) is 35.4 Å². The third kappa shape index (κ3) is 2.71. The quantitative estimate of drug-likeness (QED) is 0.692. The Balaban J connectivity index is 1.88. The van der Waals surface area contributed by atoms with E-state index in [2.05, 4.69) is 4.98 Å². The van der Waals surface area contributed by atoms with Crippen molar-refractivity contribution in [2.24, 2.45) is 0 Å². The minimum atomic E-state index is -0.543. The van der Waals surface area contributed by atoms with Gasteiger partial charge in [-0.05, 0) is 12.1 Å². The van der Waals surface area contributed by atoms with Gasteiger partial charge in [-0.2, -0.15) is 0 Å². The third-order valence-corrected chi connectivity index (χ3v) is 4.54. The lowest BCUT2D eigenvalue weighted by molar-refractivity contribution is -0.139. The highest BCUT2D eigenvalue weighted by molar-refractivity contribution is 8.01. The normalized spacial score (nSPS) is 16.2. The number of halogens is 1. The molecule has 0 saturated carbocycles. The molecule has 5 nitrogen and oxygen atoms in total. The van der Waals surface area contributed by atoms with E-state index in [4.69, 9.17) is 15.2 Å². The van der Waals surface area contributed by atoms with Gasteiger partial charge in [0, 0.05) is 30.4 Å². The molecule has 0 bridgehead atoms. The number of carbonyl (C=O) groups is 1. The summed E-state index contributed by atoms with van der Waals surface area (Å²) in [4.78, 5) is 16.6. The van der Waals surface area contributed by atoms with Crippen LogP contribution in [0.25, 0.3) is 0 Å². The smallest absolute Gasteiger partial charge is 0.319 e. The molecular formula is C15H13FN2O3S. The van der Waals surface area contributed by atoms with E-state index >= 15 is 0 Å². The highest BCUT2D eigenvalue weighted by Gasteiger charge is 2.32. The fraction of sp³-hybridized carbons (Fsp3) is 0.200. The molecule has 1 aromatic heterocycles. The topological polar surface area (TPSA) is 74.4 Å². The van der Waals surface area contributed by atoms with E-state index in [9.17, 15) is 9.18 Å². The summed E-state index contributed by atoms with van der Waals surface area (Å²) in [5.41, 5.74) is 6.59. The molecule has 0 spiro atoms. The molecular weight excluding hydrogens is 307 g/mol. The SMILES string of the molecule is COC(=O)C1Cc2nccc(Oc3ccc(N)cc3F)c2S1. The van der Waals surface area contributed by atoms with Gasteiger partial charge in [-0.3, -0.25) is 9.78 Å². The maximum Gasteiger partial charge on any atom is 0.319 e. The molecule has 1 aliphatic heterocycles. The number of nitrogens with zero attached hydrogens (tertiary/aromatic N) is 1. The first kappa shape index (κ1) is 14.6. The molecule has 1 atom stereocenters. The van der Waals surface area contributed by atoms with Crippen LogP contribution in [0.5, 0.6) is 11.5 Å². The molecule has 0 saturated heterocycles. The van der Waals surface area contributed by atoms with Gasteiger partial charge in [0.25, 0.3) is 0 Å². The van der Waals surface area contributed by atoms with Gasteiger partial charge in [-0.15, -0.1) is 11.8 Å². The lowest BCUT2D eigenvalue weighted by atomic mass is 10.2. The average molecular weight is 320 g/mol. The van der Waals surface area contributed by atoms with Crippen LogP contribution in [0.2, 0.25) is 0 Å². The van der Waals surface area contributed by atoms with Crippen molar-refractivity contribution in [2.45, 2.75) is 16.6 Å². The standard InChI is InChI=1S/C15H13FN2O3S/c1-20-15(19)13-7-10-14(22-13)12(4-5-18-10)21-11-3-2-8(17)6-9(11)16/h2-6,13H,7,17H2,1H3. The first-order valence-corrected chi connectivity index (χ1v) is 7.41. The van der Waals surface area contributed by atoms with Crippen molar-refractivity contribution in [3.05, 3.63) is 42.0 Å². The number of hydrogen-bond donors (Lipinski definition) is 1. The van der Waals surface area contributed by atoms with Crippen LogP contribution in [0.4, 0.5) is 10.1 Å². The second-order valence-electron chi connectivity index (χ2n) is 4.71. The molecule has 22 heavy (non-hydrogen) atoms. The van der Waals surface area contributed by atoms with Crippen molar-refractivity contribution in [1.82, 2.24) is 4.98 Å². The fourth-order valence-electron chi connectivity index (χ4n) is 2.16. The zero-order valence-electron chi connectivity index (χ0n) is 11.7. The number of nitrogens with two attached hydrogens (primary N) is 1. The number of thioether (sulfide) groups is 1. The number of anilines is 1. The van der Waals surface area contributed by atoms with Crippen LogP contribution in [-0.2, 0) is 16.0 Å². The monoisotopic (exact) mass is 320 g/mol. The number of benzene rings is 1. The molecule has 3 rings (SSSR count). The molecule has 114 valence electrons. The number of ether oxygens (including phenoxy) is 2. The summed E-state index contributed by atoms with van der Waals surface area (Å²) < 4.78 is 24.2. The number of methoxy groups -OCH3 is 1. The van der Waals surface area contributed by atoms with E-state index in [1.54, 1.807) is 18.3 Å². The largest absolute Gasteiger partial charge is 0.468 e. The van der Waals surface area contributed by atoms with E-state index in [1.165, 1.54) is 31.0 Å². The zero-order valence-corrected chi connectivity index (χ0v) is 12.5. The van der Waals surface area contributed by atoms with Gasteiger partial charge < -0.3 is 15.2 Å². The summed E-state index contributed by atoms with van der Waals surface area (Å²) in [6.07, 6.45) is 2.04. The molecule has 1 unspecified atom stereocenters. The maximum atomic E-state index is 13.8. The Hall–Kier alpha value is -2.28. The second kappa shape index (κ2) is 5.84. The van der Waals surface area contributed by atoms with Gasteiger partial charge in [-0.25, -0.2) is 4.39 Å². The van der Waals surface area contributed by atoms with Crippen LogP contribution < -0.4 is 10.5 Å². The van der Waals surface area contributed by atoms with Gasteiger partial charge in [0.15, 0.2) is 11.6 Å². The summed E-state index contributed by atoms with van der Waals surface area (Å²) in [5.74, 6) is -0.319. The average Bonchev–Trinajstić information content (AvgIpc) is 2.94. The van der Waals surface area contributed by atoms with Crippen molar-refractivity contribution in [3.8, 4) is 11.5 Å². The first-order chi connectivity index (χ1) is 10.6. The number of carbonyl (C=O) groups excluding carboxylic acids is 1. The van der Waals surface area contributed by atoms with Crippen LogP contribution in [-0.4, -0.2) is 23.3 Å². The van der Waals surface area contributed by atoms with Gasteiger partial charge in [0.2, 0.25) is 0 Å². The van der Waals surface area contributed by atoms with Gasteiger partial charge >= 0.3 is 5.97 Å². The number of fused-ring (bicyclic) bond motifs is 1. The number of pyridine rings is 1. The highest BCUT2D eigenvalue weighted by Crippen LogP contribution is 2.43. The van der Waals surface area contributed by atoms with E-state index in [-0.39, 0.29) is 17.0 Å². The van der Waals surface area contributed by atoms with E-state index < -0.39 is 5.82 Å². The summed E-state index contributed by atoms with van der Waals surface area (Å²) in [5, 5.41) is -0.353. The van der Waals surface area contributed by atoms with Gasteiger partial charge in [0.1, 0.15) is 11.0 Å². The lowest BCUT2D eigenvalue weighted by Gasteiger charge is -2.10. The summed E-state index contributed by atoms with van der Waals surface area (Å²) >= 11 is 1.31. The van der Waals surface area contributed by atoms with Crippen LogP contribution in [0.3, 0.4) is 0 Å². The molecule has 0 radical (unpaired) electrons. The molecule has 0 aliphatic carbocycles. The van der Waals surface area contributed by atoms with Crippen molar-refractivity contribution in [1.29, 1.82) is 0 Å². The van der Waals surface area contributed by atoms with Crippen LogP contribution in [0, 0.1) is 5.82 Å². The Labute approximate surface area is 130 Å². The molecule has 1 aromatic carbocycles. The van der Waals surface area contributed by atoms with Crippen molar-refractivity contribution >= 4 is 23.4 Å². The molecule has 1 aliphatic rings. The zero-order chi connectivity index (χ0) is 15.7. The number of aromatic nitrogens is 1. The number of rotatable bonds is 3.